The van der Waals surface area contributed by atoms with Crippen LogP contribution in [0.2, 0.25) is 0 Å². The molecule has 0 aliphatic heterocycles. The summed E-state index contributed by atoms with van der Waals surface area (Å²) in [5.74, 6) is 0. The van der Waals surface area contributed by atoms with Gasteiger partial charge in [-0.15, -0.1) is 0 Å². The molecule has 12 aromatic carbocycles. The van der Waals surface area contributed by atoms with Gasteiger partial charge < -0.3 is 0 Å². The smallest absolute Gasteiger partial charge is 0.00201 e. The fraction of sp³-hybridized carbons (Fsp3) is 0. The van der Waals surface area contributed by atoms with Gasteiger partial charge >= 0.3 is 0 Å². The molecule has 0 saturated carbocycles. The molecule has 12 rings (SSSR count). The van der Waals surface area contributed by atoms with Gasteiger partial charge in [-0.1, -0.05) is 218 Å². The maximum atomic E-state index is 2.48. The molecule has 278 valence electrons. The Bertz CT molecular complexity index is 3590. The standard InChI is InChI=1S/C60H38/c1-2-18-41(19-3-1)58-51-28-12-14-30-53(51)59(54-31-15-13-29-52(54)58)43-34-33-40-35-36-55(47-32-16-21-39-17-4-6-22-44(39)47)60(56(40)38-43)50-27-11-10-26-49(50)57-37-42-20-5-7-23-45(42)46-24-8-9-25-48(46)57/h1-38H. The van der Waals surface area contributed by atoms with Crippen LogP contribution in [0.4, 0.5) is 0 Å². The van der Waals surface area contributed by atoms with Crippen LogP contribution in [0.5, 0.6) is 0 Å². The zero-order valence-corrected chi connectivity index (χ0v) is 32.9. The van der Waals surface area contributed by atoms with Crippen LogP contribution in [0.15, 0.2) is 231 Å². The number of rotatable bonds is 5. The van der Waals surface area contributed by atoms with Crippen molar-refractivity contribution in [3.63, 3.8) is 0 Å². The van der Waals surface area contributed by atoms with E-state index in [9.17, 15) is 0 Å². The van der Waals surface area contributed by atoms with E-state index in [4.69, 9.17) is 0 Å². The average molecular weight is 759 g/mol. The van der Waals surface area contributed by atoms with E-state index in [-0.39, 0.29) is 0 Å². The molecule has 60 heavy (non-hydrogen) atoms. The first kappa shape index (κ1) is 34.3. The molecule has 0 spiro atoms. The second-order valence-electron chi connectivity index (χ2n) is 15.9. The highest BCUT2D eigenvalue weighted by atomic mass is 14.2. The lowest BCUT2D eigenvalue weighted by Crippen LogP contribution is -1.94. The fourth-order valence-electron chi connectivity index (χ4n) is 10.0. The Hall–Kier alpha value is -7.80. The van der Waals surface area contributed by atoms with Gasteiger partial charge in [0, 0.05) is 0 Å². The molecule has 0 bridgehead atoms. The molecular weight excluding hydrogens is 721 g/mol. The van der Waals surface area contributed by atoms with E-state index in [0.717, 1.165) is 0 Å². The first-order valence-electron chi connectivity index (χ1n) is 20.8. The molecule has 0 amide bonds. The molecular formula is C60H38. The predicted molar refractivity (Wildman–Crippen MR) is 259 cm³/mol. The van der Waals surface area contributed by atoms with Crippen LogP contribution in [0.25, 0.3) is 120 Å². The summed E-state index contributed by atoms with van der Waals surface area (Å²) in [6, 6.07) is 85.3. The van der Waals surface area contributed by atoms with E-state index >= 15 is 0 Å². The lowest BCUT2D eigenvalue weighted by molar-refractivity contribution is 1.61. The van der Waals surface area contributed by atoms with Crippen LogP contribution < -0.4 is 0 Å². The molecule has 0 N–H and O–H groups in total. The van der Waals surface area contributed by atoms with Crippen molar-refractivity contribution in [3.05, 3.63) is 231 Å². The van der Waals surface area contributed by atoms with Crippen molar-refractivity contribution in [2.24, 2.45) is 0 Å². The Morgan fingerprint density at radius 1 is 0.167 bits per heavy atom. The van der Waals surface area contributed by atoms with Gasteiger partial charge in [0.2, 0.25) is 0 Å². The van der Waals surface area contributed by atoms with Crippen LogP contribution in [-0.2, 0) is 0 Å². The molecule has 0 fully saturated rings. The van der Waals surface area contributed by atoms with Gasteiger partial charge in [0.05, 0.1) is 0 Å². The molecule has 0 saturated heterocycles. The minimum Gasteiger partial charge on any atom is -0.0622 e. The summed E-state index contributed by atoms with van der Waals surface area (Å²) in [5, 5.41) is 15.0. The predicted octanol–water partition coefficient (Wildman–Crippen LogP) is 16.9. The highest BCUT2D eigenvalue weighted by Gasteiger charge is 2.21. The van der Waals surface area contributed by atoms with Gasteiger partial charge in [-0.3, -0.25) is 0 Å². The fourth-order valence-corrected chi connectivity index (χ4v) is 10.0. The van der Waals surface area contributed by atoms with Crippen LogP contribution in [0.3, 0.4) is 0 Å². The zero-order chi connectivity index (χ0) is 39.6. The maximum absolute atomic E-state index is 2.48. The summed E-state index contributed by atoms with van der Waals surface area (Å²) in [4.78, 5) is 0. The van der Waals surface area contributed by atoms with E-state index in [1.807, 2.05) is 0 Å². The molecule has 0 aliphatic carbocycles. The van der Waals surface area contributed by atoms with Gasteiger partial charge in [0.1, 0.15) is 0 Å². The highest BCUT2D eigenvalue weighted by molar-refractivity contribution is 6.23. The SMILES string of the molecule is c1ccc(-c2c3ccccc3c(-c3ccc4ccc(-c5cccc6ccccc56)c(-c5ccccc5-c5cc6ccccc6c6ccccc56)c4c3)c3ccccc23)cc1. The Morgan fingerprint density at radius 2 is 0.650 bits per heavy atom. The number of hydrogen-bond acceptors (Lipinski definition) is 0. The van der Waals surface area contributed by atoms with E-state index in [1.165, 1.54) is 120 Å². The van der Waals surface area contributed by atoms with Crippen molar-refractivity contribution < 1.29 is 0 Å². The maximum Gasteiger partial charge on any atom is -0.00201 e. The van der Waals surface area contributed by atoms with Gasteiger partial charge in [-0.05, 0) is 132 Å². The van der Waals surface area contributed by atoms with Crippen molar-refractivity contribution in [2.75, 3.05) is 0 Å². The summed E-state index contributed by atoms with van der Waals surface area (Å²) >= 11 is 0. The van der Waals surface area contributed by atoms with E-state index < -0.39 is 0 Å². The summed E-state index contributed by atoms with van der Waals surface area (Å²) in [6.45, 7) is 0. The summed E-state index contributed by atoms with van der Waals surface area (Å²) in [5.41, 5.74) is 12.4. The quantitative estimate of drug-likeness (QED) is 0.121. The first-order valence-corrected chi connectivity index (χ1v) is 20.8. The number of fused-ring (bicyclic) bond motifs is 7. The first-order chi connectivity index (χ1) is 29.8. The Morgan fingerprint density at radius 3 is 1.37 bits per heavy atom. The van der Waals surface area contributed by atoms with Gasteiger partial charge in [0.25, 0.3) is 0 Å². The minimum absolute atomic E-state index is 1.21. The van der Waals surface area contributed by atoms with Gasteiger partial charge in [-0.2, -0.15) is 0 Å². The summed E-state index contributed by atoms with van der Waals surface area (Å²) in [6.07, 6.45) is 0. The Labute approximate surface area is 349 Å². The van der Waals surface area contributed by atoms with E-state index in [0.29, 0.717) is 0 Å². The van der Waals surface area contributed by atoms with E-state index in [1.54, 1.807) is 0 Å². The van der Waals surface area contributed by atoms with Gasteiger partial charge in [-0.25, -0.2) is 0 Å². The molecule has 0 heterocycles. The van der Waals surface area contributed by atoms with Crippen molar-refractivity contribution in [2.45, 2.75) is 0 Å². The monoisotopic (exact) mass is 758 g/mol. The highest BCUT2D eigenvalue weighted by Crippen LogP contribution is 2.49. The lowest BCUT2D eigenvalue weighted by Gasteiger charge is -2.21. The topological polar surface area (TPSA) is 0 Å². The van der Waals surface area contributed by atoms with Crippen molar-refractivity contribution in [1.82, 2.24) is 0 Å². The molecule has 0 atom stereocenters. The third-order valence-corrected chi connectivity index (χ3v) is 12.6. The normalized spacial score (nSPS) is 11.7. The Kier molecular flexibility index (Phi) is 7.96. The lowest BCUT2D eigenvalue weighted by atomic mass is 9.82. The second-order valence-corrected chi connectivity index (χ2v) is 15.9. The van der Waals surface area contributed by atoms with Crippen molar-refractivity contribution in [3.8, 4) is 55.6 Å². The molecule has 0 nitrogen and oxygen atoms in total. The van der Waals surface area contributed by atoms with Crippen LogP contribution >= 0.6 is 0 Å². The third-order valence-electron chi connectivity index (χ3n) is 12.6. The molecule has 0 aromatic heterocycles. The molecule has 12 aromatic rings. The van der Waals surface area contributed by atoms with Crippen molar-refractivity contribution in [1.29, 1.82) is 0 Å². The molecule has 0 heteroatoms. The van der Waals surface area contributed by atoms with Crippen LogP contribution in [0.1, 0.15) is 0 Å². The number of hydrogen-bond donors (Lipinski definition) is 0. The molecule has 0 radical (unpaired) electrons. The Balaban J connectivity index is 1.20. The number of benzene rings is 12. The van der Waals surface area contributed by atoms with Crippen molar-refractivity contribution >= 4 is 64.6 Å². The van der Waals surface area contributed by atoms with Crippen LogP contribution in [0, 0.1) is 0 Å². The average Bonchev–Trinajstić information content (AvgIpc) is 3.32. The largest absolute Gasteiger partial charge is 0.0622 e. The minimum atomic E-state index is 1.21. The second kappa shape index (κ2) is 13.9. The zero-order valence-electron chi connectivity index (χ0n) is 32.9. The summed E-state index contributed by atoms with van der Waals surface area (Å²) < 4.78 is 0. The molecule has 0 unspecified atom stereocenters. The molecule has 0 aliphatic rings. The van der Waals surface area contributed by atoms with Gasteiger partial charge in [0.15, 0.2) is 0 Å². The summed E-state index contributed by atoms with van der Waals surface area (Å²) in [7, 11) is 0. The van der Waals surface area contributed by atoms with E-state index in [2.05, 4.69) is 231 Å². The third kappa shape index (κ3) is 5.39. The van der Waals surface area contributed by atoms with Crippen LogP contribution in [-0.4, -0.2) is 0 Å².